The molecule has 0 unspecified atom stereocenters. The number of hydrogen-bond donors (Lipinski definition) is 3. The van der Waals surface area contributed by atoms with Crippen molar-refractivity contribution in [3.63, 3.8) is 0 Å². The lowest BCUT2D eigenvalue weighted by molar-refractivity contribution is 0.631. The van der Waals surface area contributed by atoms with Gasteiger partial charge in [0, 0.05) is 6.07 Å². The first-order chi connectivity index (χ1) is 7.09. The Hall–Kier alpha value is -2.31. The van der Waals surface area contributed by atoms with Gasteiger partial charge in [0.15, 0.2) is 0 Å². The summed E-state index contributed by atoms with van der Waals surface area (Å²) in [5.74, 6) is -0.681. The minimum absolute atomic E-state index is 0.0428. The SMILES string of the molecule is Nc1ccc(-n2c(=O)[nH][nH]c2=O)cc1F. The number of nitrogens with two attached hydrogens (primary N) is 1. The number of anilines is 1. The number of nitrogen functional groups attached to an aromatic ring is 1. The van der Waals surface area contributed by atoms with Crippen molar-refractivity contribution in [1.82, 2.24) is 14.8 Å². The van der Waals surface area contributed by atoms with Crippen molar-refractivity contribution >= 4 is 5.69 Å². The van der Waals surface area contributed by atoms with E-state index in [-0.39, 0.29) is 11.4 Å². The third-order valence-corrected chi connectivity index (χ3v) is 1.92. The molecule has 0 spiro atoms. The molecule has 0 aliphatic carbocycles. The molecule has 0 amide bonds. The first-order valence-corrected chi connectivity index (χ1v) is 4.04. The van der Waals surface area contributed by atoms with Gasteiger partial charge in [-0.15, -0.1) is 0 Å². The molecule has 0 aliphatic heterocycles. The van der Waals surface area contributed by atoms with Crippen LogP contribution in [0.3, 0.4) is 0 Å². The molecule has 2 rings (SSSR count). The largest absolute Gasteiger partial charge is 0.396 e. The summed E-state index contributed by atoms with van der Waals surface area (Å²) in [5, 5.41) is 4.17. The molecule has 0 radical (unpaired) electrons. The maximum Gasteiger partial charge on any atom is 0.348 e. The Labute approximate surface area is 82.1 Å². The number of rotatable bonds is 1. The summed E-state index contributed by atoms with van der Waals surface area (Å²) in [6.07, 6.45) is 0. The molecule has 7 heteroatoms. The van der Waals surface area contributed by atoms with Crippen LogP contribution in [-0.2, 0) is 0 Å². The highest BCUT2D eigenvalue weighted by molar-refractivity contribution is 5.46. The molecule has 78 valence electrons. The summed E-state index contributed by atoms with van der Waals surface area (Å²) < 4.78 is 13.8. The molecule has 4 N–H and O–H groups in total. The van der Waals surface area contributed by atoms with E-state index in [1.165, 1.54) is 12.1 Å². The molecule has 1 aromatic carbocycles. The van der Waals surface area contributed by atoms with Crippen LogP contribution in [0.4, 0.5) is 10.1 Å². The third-order valence-electron chi connectivity index (χ3n) is 1.92. The van der Waals surface area contributed by atoms with E-state index < -0.39 is 17.2 Å². The number of nitrogens with one attached hydrogen (secondary N) is 2. The fourth-order valence-electron chi connectivity index (χ4n) is 1.20. The van der Waals surface area contributed by atoms with E-state index in [9.17, 15) is 14.0 Å². The summed E-state index contributed by atoms with van der Waals surface area (Å²) >= 11 is 0. The third kappa shape index (κ3) is 1.43. The molecule has 1 heterocycles. The highest BCUT2D eigenvalue weighted by Crippen LogP contribution is 2.12. The number of hydrogen-bond acceptors (Lipinski definition) is 3. The Balaban J connectivity index is 2.70. The Bertz CT molecular complexity index is 582. The van der Waals surface area contributed by atoms with Gasteiger partial charge < -0.3 is 5.73 Å². The smallest absolute Gasteiger partial charge is 0.348 e. The molecule has 0 fully saturated rings. The van der Waals surface area contributed by atoms with Crippen LogP contribution in [-0.4, -0.2) is 14.8 Å². The van der Waals surface area contributed by atoms with Crippen LogP contribution in [0.15, 0.2) is 27.8 Å². The fourth-order valence-corrected chi connectivity index (χ4v) is 1.20. The van der Waals surface area contributed by atoms with Gasteiger partial charge in [-0.2, -0.15) is 0 Å². The van der Waals surface area contributed by atoms with Crippen LogP contribution in [0.25, 0.3) is 5.69 Å². The molecule has 6 nitrogen and oxygen atoms in total. The van der Waals surface area contributed by atoms with Crippen molar-refractivity contribution in [2.24, 2.45) is 0 Å². The van der Waals surface area contributed by atoms with Crippen LogP contribution in [0.5, 0.6) is 0 Å². The second-order valence-electron chi connectivity index (χ2n) is 2.90. The van der Waals surface area contributed by atoms with E-state index in [4.69, 9.17) is 5.73 Å². The minimum atomic E-state index is -0.681. The summed E-state index contributed by atoms with van der Waals surface area (Å²) in [7, 11) is 0. The van der Waals surface area contributed by atoms with Gasteiger partial charge in [-0.3, -0.25) is 0 Å². The number of nitrogens with zero attached hydrogens (tertiary/aromatic N) is 1. The van der Waals surface area contributed by atoms with Crippen LogP contribution in [0.2, 0.25) is 0 Å². The van der Waals surface area contributed by atoms with Crippen LogP contribution >= 0.6 is 0 Å². The zero-order valence-electron chi connectivity index (χ0n) is 7.45. The summed E-state index contributed by atoms with van der Waals surface area (Å²) in [6, 6.07) is 3.67. The van der Waals surface area contributed by atoms with E-state index in [1.807, 2.05) is 0 Å². The van der Waals surface area contributed by atoms with Crippen molar-refractivity contribution in [3.05, 3.63) is 45.0 Å². The molecule has 0 saturated heterocycles. The van der Waals surface area contributed by atoms with Gasteiger partial charge in [0.25, 0.3) is 0 Å². The Morgan fingerprint density at radius 1 is 1.20 bits per heavy atom. The molecule has 0 atom stereocenters. The highest BCUT2D eigenvalue weighted by atomic mass is 19.1. The number of halogens is 1. The lowest BCUT2D eigenvalue weighted by Crippen LogP contribution is -2.24. The second kappa shape index (κ2) is 3.12. The average molecular weight is 210 g/mol. The monoisotopic (exact) mass is 210 g/mol. The van der Waals surface area contributed by atoms with Crippen LogP contribution < -0.4 is 17.1 Å². The van der Waals surface area contributed by atoms with Gasteiger partial charge in [-0.25, -0.2) is 28.7 Å². The van der Waals surface area contributed by atoms with E-state index >= 15 is 0 Å². The molecule has 0 bridgehead atoms. The average Bonchev–Trinajstić information content (AvgIpc) is 2.52. The van der Waals surface area contributed by atoms with E-state index in [0.29, 0.717) is 0 Å². The molecule has 0 aliphatic rings. The predicted octanol–water partition coefficient (Wildman–Crippen LogP) is -0.425. The van der Waals surface area contributed by atoms with Crippen molar-refractivity contribution in [2.75, 3.05) is 5.73 Å². The summed E-state index contributed by atoms with van der Waals surface area (Å²) in [5.41, 5.74) is 4.01. The number of aromatic amines is 2. The molecule has 15 heavy (non-hydrogen) atoms. The van der Waals surface area contributed by atoms with Crippen molar-refractivity contribution in [2.45, 2.75) is 0 Å². The zero-order valence-corrected chi connectivity index (χ0v) is 7.45. The van der Waals surface area contributed by atoms with Gasteiger partial charge in [0.1, 0.15) is 5.82 Å². The molecule has 1 aromatic heterocycles. The maximum atomic E-state index is 13.1. The van der Waals surface area contributed by atoms with E-state index in [0.717, 1.165) is 10.6 Å². The highest BCUT2D eigenvalue weighted by Gasteiger charge is 2.07. The second-order valence-corrected chi connectivity index (χ2v) is 2.90. The summed E-state index contributed by atoms with van der Waals surface area (Å²) in [6.45, 7) is 0. The Morgan fingerprint density at radius 2 is 1.80 bits per heavy atom. The van der Waals surface area contributed by atoms with Crippen molar-refractivity contribution < 1.29 is 4.39 Å². The number of benzene rings is 1. The van der Waals surface area contributed by atoms with E-state index in [2.05, 4.69) is 10.2 Å². The van der Waals surface area contributed by atoms with Crippen LogP contribution in [0.1, 0.15) is 0 Å². The molecular weight excluding hydrogens is 203 g/mol. The zero-order chi connectivity index (χ0) is 11.0. The molecular formula is C8H7FN4O2. The van der Waals surface area contributed by atoms with Gasteiger partial charge in [-0.1, -0.05) is 0 Å². The minimum Gasteiger partial charge on any atom is -0.396 e. The fraction of sp³-hybridized carbons (Fsp3) is 0. The van der Waals surface area contributed by atoms with Crippen molar-refractivity contribution in [3.8, 4) is 5.69 Å². The first kappa shape index (κ1) is 9.25. The standard InChI is InChI=1S/C8H7FN4O2/c9-5-3-4(1-2-6(5)10)13-7(14)11-12-8(13)15/h1-3H,10H2,(H,11,14)(H,12,15). The Kier molecular flexibility index (Phi) is 1.93. The van der Waals surface area contributed by atoms with Gasteiger partial charge in [0.2, 0.25) is 0 Å². The van der Waals surface area contributed by atoms with E-state index in [1.54, 1.807) is 0 Å². The molecule has 0 saturated carbocycles. The number of aromatic nitrogens is 3. The lowest BCUT2D eigenvalue weighted by Gasteiger charge is -2.00. The lowest BCUT2D eigenvalue weighted by atomic mass is 10.2. The van der Waals surface area contributed by atoms with Gasteiger partial charge in [0.05, 0.1) is 11.4 Å². The van der Waals surface area contributed by atoms with Gasteiger partial charge in [-0.05, 0) is 12.1 Å². The quantitative estimate of drug-likeness (QED) is 0.557. The predicted molar refractivity (Wildman–Crippen MR) is 51.4 cm³/mol. The van der Waals surface area contributed by atoms with Crippen LogP contribution in [0, 0.1) is 5.82 Å². The first-order valence-electron chi connectivity index (χ1n) is 4.04. The summed E-state index contributed by atoms with van der Waals surface area (Å²) in [4.78, 5) is 22.3. The van der Waals surface area contributed by atoms with Gasteiger partial charge >= 0.3 is 11.4 Å². The molecule has 2 aromatic rings. The van der Waals surface area contributed by atoms with Crippen molar-refractivity contribution in [1.29, 1.82) is 0 Å². The maximum absolute atomic E-state index is 13.1. The topological polar surface area (TPSA) is 96.7 Å². The Morgan fingerprint density at radius 3 is 2.33 bits per heavy atom. The normalized spacial score (nSPS) is 10.5. The number of H-pyrrole nitrogens is 2.